The van der Waals surface area contributed by atoms with E-state index in [-0.39, 0.29) is 6.10 Å². The minimum absolute atomic E-state index is 0.210. The zero-order chi connectivity index (χ0) is 13.7. The summed E-state index contributed by atoms with van der Waals surface area (Å²) in [6.07, 6.45) is 4.14. The normalized spacial score (nSPS) is 18.5. The molecule has 1 aliphatic rings. The van der Waals surface area contributed by atoms with E-state index in [9.17, 15) is 0 Å². The zero-order valence-corrected chi connectivity index (χ0v) is 12.1. The molecule has 1 heterocycles. The molecule has 3 nitrogen and oxygen atoms in total. The van der Waals surface area contributed by atoms with Crippen molar-refractivity contribution >= 4 is 0 Å². The summed E-state index contributed by atoms with van der Waals surface area (Å²) in [6, 6.07) is 8.73. The van der Waals surface area contributed by atoms with Crippen molar-refractivity contribution in [3.63, 3.8) is 0 Å². The van der Waals surface area contributed by atoms with Gasteiger partial charge in [-0.05, 0) is 57.5 Å². The molecule has 0 aromatic heterocycles. The van der Waals surface area contributed by atoms with Crippen LogP contribution >= 0.6 is 0 Å². The quantitative estimate of drug-likeness (QED) is 0.886. The van der Waals surface area contributed by atoms with Crippen molar-refractivity contribution in [3.8, 4) is 5.75 Å². The Morgan fingerprint density at radius 2 is 1.95 bits per heavy atom. The second-order valence-corrected chi connectivity index (χ2v) is 5.59. The molecular formula is C16H26N2O. The molecule has 1 aliphatic heterocycles. The molecule has 0 amide bonds. The molecule has 0 saturated carbocycles. The van der Waals surface area contributed by atoms with Crippen molar-refractivity contribution in [2.45, 2.75) is 45.3 Å². The SMILES string of the molecule is CC(C)Oc1cccc(C(CN)N2CCCCC2)c1. The van der Waals surface area contributed by atoms with Gasteiger partial charge in [-0.15, -0.1) is 0 Å². The largest absolute Gasteiger partial charge is 0.491 e. The maximum Gasteiger partial charge on any atom is 0.120 e. The number of piperidine rings is 1. The van der Waals surface area contributed by atoms with Crippen LogP contribution in [-0.4, -0.2) is 30.6 Å². The Kier molecular flexibility index (Phi) is 5.23. The summed E-state index contributed by atoms with van der Waals surface area (Å²) in [7, 11) is 0. The third kappa shape index (κ3) is 3.95. The van der Waals surface area contributed by atoms with Crippen LogP contribution in [0, 0.1) is 0 Å². The monoisotopic (exact) mass is 262 g/mol. The van der Waals surface area contributed by atoms with Crippen LogP contribution in [0.25, 0.3) is 0 Å². The van der Waals surface area contributed by atoms with E-state index in [0.717, 1.165) is 18.8 Å². The molecule has 1 atom stereocenters. The summed E-state index contributed by atoms with van der Waals surface area (Å²) in [5.74, 6) is 0.947. The molecule has 0 spiro atoms. The number of hydrogen-bond acceptors (Lipinski definition) is 3. The average Bonchev–Trinajstić information content (AvgIpc) is 2.40. The third-order valence-corrected chi connectivity index (χ3v) is 3.67. The van der Waals surface area contributed by atoms with E-state index >= 15 is 0 Å². The Morgan fingerprint density at radius 1 is 1.21 bits per heavy atom. The minimum atomic E-state index is 0.210. The predicted octanol–water partition coefficient (Wildman–Crippen LogP) is 2.96. The highest BCUT2D eigenvalue weighted by molar-refractivity contribution is 5.31. The van der Waals surface area contributed by atoms with Gasteiger partial charge in [0.15, 0.2) is 0 Å². The van der Waals surface area contributed by atoms with Gasteiger partial charge in [-0.1, -0.05) is 18.6 Å². The van der Waals surface area contributed by atoms with Gasteiger partial charge in [0.05, 0.1) is 6.10 Å². The van der Waals surface area contributed by atoms with Crippen LogP contribution in [0.2, 0.25) is 0 Å². The van der Waals surface area contributed by atoms with Crippen LogP contribution in [-0.2, 0) is 0 Å². The van der Waals surface area contributed by atoms with Crippen molar-refractivity contribution in [2.24, 2.45) is 5.73 Å². The molecule has 1 saturated heterocycles. The van der Waals surface area contributed by atoms with Crippen LogP contribution < -0.4 is 10.5 Å². The summed E-state index contributed by atoms with van der Waals surface area (Å²) < 4.78 is 5.78. The molecule has 0 bridgehead atoms. The van der Waals surface area contributed by atoms with Gasteiger partial charge in [0.1, 0.15) is 5.75 Å². The van der Waals surface area contributed by atoms with E-state index in [1.807, 2.05) is 6.07 Å². The lowest BCUT2D eigenvalue weighted by atomic mass is 10.0. The fraction of sp³-hybridized carbons (Fsp3) is 0.625. The highest BCUT2D eigenvalue weighted by Crippen LogP contribution is 2.26. The number of benzene rings is 1. The van der Waals surface area contributed by atoms with Gasteiger partial charge in [0, 0.05) is 12.6 Å². The standard InChI is InChI=1S/C16H26N2O/c1-13(2)19-15-8-6-7-14(11-15)16(12-17)18-9-4-3-5-10-18/h6-8,11,13,16H,3-5,9-10,12,17H2,1-2H3. The lowest BCUT2D eigenvalue weighted by Crippen LogP contribution is -2.37. The van der Waals surface area contributed by atoms with Gasteiger partial charge in [0.25, 0.3) is 0 Å². The van der Waals surface area contributed by atoms with Gasteiger partial charge in [-0.3, -0.25) is 4.90 Å². The summed E-state index contributed by atoms with van der Waals surface area (Å²) in [4.78, 5) is 2.51. The number of nitrogens with two attached hydrogens (primary N) is 1. The van der Waals surface area contributed by atoms with E-state index < -0.39 is 0 Å². The first-order valence-electron chi connectivity index (χ1n) is 7.41. The highest BCUT2D eigenvalue weighted by Gasteiger charge is 2.21. The van der Waals surface area contributed by atoms with E-state index in [1.54, 1.807) is 0 Å². The number of rotatable bonds is 5. The van der Waals surface area contributed by atoms with Crippen molar-refractivity contribution in [2.75, 3.05) is 19.6 Å². The first kappa shape index (κ1) is 14.4. The fourth-order valence-electron chi connectivity index (χ4n) is 2.79. The molecule has 106 valence electrons. The smallest absolute Gasteiger partial charge is 0.120 e. The lowest BCUT2D eigenvalue weighted by Gasteiger charge is -2.34. The first-order valence-corrected chi connectivity index (χ1v) is 7.41. The van der Waals surface area contributed by atoms with Crippen molar-refractivity contribution < 1.29 is 4.74 Å². The van der Waals surface area contributed by atoms with Crippen LogP contribution in [0.3, 0.4) is 0 Å². The van der Waals surface area contributed by atoms with E-state index in [1.165, 1.54) is 24.8 Å². The number of ether oxygens (including phenoxy) is 1. The lowest BCUT2D eigenvalue weighted by molar-refractivity contribution is 0.167. The Labute approximate surface area is 116 Å². The van der Waals surface area contributed by atoms with Gasteiger partial charge >= 0.3 is 0 Å². The molecular weight excluding hydrogens is 236 g/mol. The van der Waals surface area contributed by atoms with E-state index in [2.05, 4.69) is 36.9 Å². The van der Waals surface area contributed by atoms with Crippen LogP contribution in [0.5, 0.6) is 5.75 Å². The Morgan fingerprint density at radius 3 is 2.58 bits per heavy atom. The molecule has 1 fully saturated rings. The zero-order valence-electron chi connectivity index (χ0n) is 12.1. The Hall–Kier alpha value is -1.06. The highest BCUT2D eigenvalue weighted by atomic mass is 16.5. The first-order chi connectivity index (χ1) is 9.20. The van der Waals surface area contributed by atoms with Crippen LogP contribution in [0.15, 0.2) is 24.3 Å². The molecule has 2 rings (SSSR count). The number of nitrogens with zero attached hydrogens (tertiary/aromatic N) is 1. The van der Waals surface area contributed by atoms with Crippen molar-refractivity contribution in [1.29, 1.82) is 0 Å². The molecule has 0 aliphatic carbocycles. The fourth-order valence-corrected chi connectivity index (χ4v) is 2.79. The summed E-state index contributed by atoms with van der Waals surface area (Å²) in [5.41, 5.74) is 7.28. The van der Waals surface area contributed by atoms with Crippen molar-refractivity contribution in [3.05, 3.63) is 29.8 Å². The second-order valence-electron chi connectivity index (χ2n) is 5.59. The van der Waals surface area contributed by atoms with Gasteiger partial charge in [-0.25, -0.2) is 0 Å². The minimum Gasteiger partial charge on any atom is -0.491 e. The van der Waals surface area contributed by atoms with Gasteiger partial charge in [0.2, 0.25) is 0 Å². The molecule has 1 aromatic rings. The molecule has 3 heteroatoms. The third-order valence-electron chi connectivity index (χ3n) is 3.67. The second kappa shape index (κ2) is 6.92. The molecule has 0 radical (unpaired) electrons. The van der Waals surface area contributed by atoms with Crippen molar-refractivity contribution in [1.82, 2.24) is 4.90 Å². The molecule has 2 N–H and O–H groups in total. The van der Waals surface area contributed by atoms with E-state index in [4.69, 9.17) is 10.5 Å². The van der Waals surface area contributed by atoms with E-state index in [0.29, 0.717) is 12.6 Å². The van der Waals surface area contributed by atoms with Crippen LogP contribution in [0.4, 0.5) is 0 Å². The predicted molar refractivity (Wildman–Crippen MR) is 79.4 cm³/mol. The number of hydrogen-bond donors (Lipinski definition) is 1. The topological polar surface area (TPSA) is 38.5 Å². The summed E-state index contributed by atoms with van der Waals surface area (Å²) >= 11 is 0. The Bertz CT molecular complexity index is 386. The summed E-state index contributed by atoms with van der Waals surface area (Å²) in [6.45, 7) is 7.11. The number of likely N-dealkylation sites (tertiary alicyclic amines) is 1. The van der Waals surface area contributed by atoms with Gasteiger partial charge in [-0.2, -0.15) is 0 Å². The molecule has 19 heavy (non-hydrogen) atoms. The average molecular weight is 262 g/mol. The molecule has 1 unspecified atom stereocenters. The van der Waals surface area contributed by atoms with Gasteiger partial charge < -0.3 is 10.5 Å². The maximum atomic E-state index is 6.00. The van der Waals surface area contributed by atoms with Crippen LogP contribution in [0.1, 0.15) is 44.7 Å². The maximum absolute atomic E-state index is 6.00. The Balaban J connectivity index is 2.12. The summed E-state index contributed by atoms with van der Waals surface area (Å²) in [5, 5.41) is 0. The molecule has 1 aromatic carbocycles.